The van der Waals surface area contributed by atoms with Crippen LogP contribution in [0.15, 0.2) is 99.8 Å². The average Bonchev–Trinajstić information content (AvgIpc) is 1.77. The molecule has 0 aromatic carbocycles. The third kappa shape index (κ3) is 16.3. The number of aromatic nitrogens is 8. The van der Waals surface area contributed by atoms with Crippen molar-refractivity contribution >= 4 is 87.2 Å². The minimum Gasteiger partial charge on any atom is -0.482 e. The summed E-state index contributed by atoms with van der Waals surface area (Å²) in [5, 5.41) is 17.8. The highest BCUT2D eigenvalue weighted by molar-refractivity contribution is 9.10. The number of amides is 2. The topological polar surface area (TPSA) is 274 Å². The molecule has 0 unspecified atom stereocenters. The summed E-state index contributed by atoms with van der Waals surface area (Å²) in [6.45, 7) is 34.3. The van der Waals surface area contributed by atoms with Gasteiger partial charge in [-0.15, -0.1) is 5.10 Å². The number of nitrogens with zero attached hydrogens (tertiary/aromatic N) is 9. The number of rotatable bonds is 7. The van der Waals surface area contributed by atoms with Crippen molar-refractivity contribution in [3.63, 3.8) is 0 Å². The van der Waals surface area contributed by atoms with E-state index in [1.54, 1.807) is 65.6 Å². The molecule has 8 bridgehead atoms. The molecule has 6 aromatic rings. The number of hydrogen-bond donors (Lipinski definition) is 5. The summed E-state index contributed by atoms with van der Waals surface area (Å²) in [5.41, 5.74) is -0.114. The molecule has 472 valence electrons. The lowest BCUT2D eigenvalue weighted by molar-refractivity contribution is 0.0972. The number of ether oxygens (including phenoxy) is 2. The van der Waals surface area contributed by atoms with Crippen LogP contribution in [-0.4, -0.2) is 134 Å². The molecule has 2 amide bonds. The lowest BCUT2D eigenvalue weighted by atomic mass is 9.93. The largest absolute Gasteiger partial charge is 0.482 e. The smallest absolute Gasteiger partial charge is 0.281 e. The first kappa shape index (κ1) is 66.5. The van der Waals surface area contributed by atoms with Crippen molar-refractivity contribution in [3.05, 3.63) is 101 Å². The highest BCUT2D eigenvalue weighted by atomic mass is 79.9. The van der Waals surface area contributed by atoms with E-state index in [4.69, 9.17) is 14.5 Å². The van der Waals surface area contributed by atoms with Crippen LogP contribution in [0.4, 0.5) is 23.3 Å². The lowest BCUT2D eigenvalue weighted by Gasteiger charge is -2.36. The molecule has 27 heteroatoms. The first-order valence-corrected chi connectivity index (χ1v) is 39.8. The maximum absolute atomic E-state index is 13.6. The van der Waals surface area contributed by atoms with Gasteiger partial charge < -0.3 is 29.9 Å². The molecule has 6 aromatic heterocycles. The number of sulfonamides is 2. The third-order valence-corrected chi connectivity index (χ3v) is 30.5. The van der Waals surface area contributed by atoms with Gasteiger partial charge in [-0.3, -0.25) is 9.59 Å². The summed E-state index contributed by atoms with van der Waals surface area (Å²) in [5.74, 6) is 2.97. The van der Waals surface area contributed by atoms with Gasteiger partial charge in [0.05, 0.1) is 45.9 Å². The Morgan fingerprint density at radius 2 is 1.11 bits per heavy atom. The molecular weight excluding hydrogens is 1240 g/mol. The first-order chi connectivity index (χ1) is 40.5. The molecule has 10 heterocycles. The molecule has 4 aliphatic rings. The first-order valence-electron chi connectivity index (χ1n) is 29.6. The quantitative estimate of drug-likeness (QED) is 0.0734. The van der Waals surface area contributed by atoms with Crippen LogP contribution in [0.25, 0.3) is 5.82 Å². The Balaban J connectivity index is 0.000000192. The van der Waals surface area contributed by atoms with E-state index in [-0.39, 0.29) is 37.3 Å². The van der Waals surface area contributed by atoms with Crippen molar-refractivity contribution in [1.82, 2.24) is 49.4 Å². The number of halogens is 1. The Hall–Kier alpha value is -6.43. The highest BCUT2D eigenvalue weighted by Gasteiger charge is 2.43. The zero-order chi connectivity index (χ0) is 63.5. The number of carbonyl (C=O) groups excluding carboxylic acids is 2. The molecule has 2 fully saturated rings. The van der Waals surface area contributed by atoms with Crippen LogP contribution < -0.4 is 39.4 Å². The summed E-state index contributed by atoms with van der Waals surface area (Å²) in [4.78, 5) is 48.8. The third-order valence-electron chi connectivity index (χ3n) is 17.8. The maximum atomic E-state index is 13.6. The molecule has 22 nitrogen and oxygen atoms in total. The Morgan fingerprint density at radius 3 is 1.60 bits per heavy atom. The van der Waals surface area contributed by atoms with Gasteiger partial charge in [0.2, 0.25) is 11.8 Å². The fraction of sp³-hybridized carbons (Fsp3) is 0.533. The van der Waals surface area contributed by atoms with Crippen LogP contribution in [-0.2, 0) is 20.0 Å². The van der Waals surface area contributed by atoms with E-state index < -0.39 is 48.0 Å². The fourth-order valence-corrected chi connectivity index (χ4v) is 14.5. The molecule has 87 heavy (non-hydrogen) atoms. The van der Waals surface area contributed by atoms with Crippen LogP contribution in [0.2, 0.25) is 36.3 Å². The molecule has 0 aliphatic carbocycles. The number of hydrogen-bond acceptors (Lipinski definition) is 18. The molecule has 4 aliphatic heterocycles. The molecule has 5 N–H and O–H groups in total. The number of H-pyrrole nitrogens is 1. The van der Waals surface area contributed by atoms with E-state index in [1.807, 2.05) is 12.1 Å². The van der Waals surface area contributed by atoms with E-state index in [0.29, 0.717) is 82.3 Å². The molecule has 0 radical (unpaired) electrons. The lowest BCUT2D eigenvalue weighted by Crippen LogP contribution is -2.43. The van der Waals surface area contributed by atoms with Crippen LogP contribution in [0.3, 0.4) is 0 Å². The van der Waals surface area contributed by atoms with Gasteiger partial charge in [-0.1, -0.05) is 79.9 Å². The Morgan fingerprint density at radius 1 is 0.632 bits per heavy atom. The molecule has 2 atom stereocenters. The van der Waals surface area contributed by atoms with Gasteiger partial charge >= 0.3 is 0 Å². The van der Waals surface area contributed by atoms with Crippen molar-refractivity contribution in [2.45, 2.75) is 165 Å². The second kappa shape index (κ2) is 26.0. The normalized spacial score (nSPS) is 20.0. The summed E-state index contributed by atoms with van der Waals surface area (Å²) < 4.78 is 70.5. The van der Waals surface area contributed by atoms with Crippen LogP contribution in [0.5, 0.6) is 11.8 Å². The van der Waals surface area contributed by atoms with Crippen LogP contribution >= 0.6 is 15.9 Å². The van der Waals surface area contributed by atoms with Crippen molar-refractivity contribution in [3.8, 4) is 17.6 Å². The number of fused-ring (bicyclic) bond motifs is 12. The van der Waals surface area contributed by atoms with E-state index in [1.165, 1.54) is 12.1 Å². The number of nitrogens with one attached hydrogen (secondary N) is 5. The van der Waals surface area contributed by atoms with Crippen molar-refractivity contribution < 1.29 is 35.9 Å². The molecule has 0 spiro atoms. The van der Waals surface area contributed by atoms with E-state index >= 15 is 0 Å². The molecule has 2 saturated heterocycles. The number of pyridine rings is 4. The average molecular weight is 1330 g/mol. The summed E-state index contributed by atoms with van der Waals surface area (Å²) in [6.07, 6.45) is 10.7. The zero-order valence-electron chi connectivity index (χ0n) is 52.7. The van der Waals surface area contributed by atoms with Gasteiger partial charge in [-0.05, 0) is 153 Å². The zero-order valence-corrected chi connectivity index (χ0v) is 57.9. The van der Waals surface area contributed by atoms with Crippen LogP contribution in [0.1, 0.15) is 128 Å². The number of aromatic amines is 1. The Bertz CT molecular complexity index is 3650. The van der Waals surface area contributed by atoms with Gasteiger partial charge in [0.25, 0.3) is 31.9 Å². The monoisotopic (exact) mass is 1330 g/mol. The Kier molecular flexibility index (Phi) is 19.8. The van der Waals surface area contributed by atoms with Crippen molar-refractivity contribution in [2.75, 3.05) is 59.1 Å². The predicted molar refractivity (Wildman–Crippen MR) is 350 cm³/mol. The van der Waals surface area contributed by atoms with Gasteiger partial charge in [0.15, 0.2) is 15.9 Å². The van der Waals surface area contributed by atoms with Gasteiger partial charge in [0.1, 0.15) is 27.9 Å². The van der Waals surface area contributed by atoms with E-state index in [2.05, 4.69) is 171 Å². The number of anilines is 4. The minimum absolute atomic E-state index is 0.173. The second-order valence-electron chi connectivity index (χ2n) is 27.6. The molecule has 10 rings (SSSR count). The van der Waals surface area contributed by atoms with Crippen LogP contribution in [0, 0.1) is 11.8 Å². The van der Waals surface area contributed by atoms with Gasteiger partial charge in [-0.2, -0.15) is 21.9 Å². The van der Waals surface area contributed by atoms with Crippen molar-refractivity contribution in [1.29, 1.82) is 0 Å². The van der Waals surface area contributed by atoms with E-state index in [0.717, 1.165) is 57.2 Å². The summed E-state index contributed by atoms with van der Waals surface area (Å²) in [6, 6.07) is 19.6. The maximum Gasteiger partial charge on any atom is 0.281 e. The molecule has 0 saturated carbocycles. The SMILES string of the molecule is CC(C)(C)[Si](C)(C)COc1ccn[nH]1.CC1(C)C[C@@H]2CCCNc3cccc(n3)S(=O)(=O)NC(=O)c3ccc(-n4ccc(OC[Si](C)(C)C(C)(C)C)n4)nc3N1C2.CC1(C)C[C@@H]2CCCNc3cccc(n3)S(=O)(=O)NC(=O)c3ccc(Br)nc3N1C2. The minimum atomic E-state index is -4.23. The summed E-state index contributed by atoms with van der Waals surface area (Å²) >= 11 is 3.39. The summed E-state index contributed by atoms with van der Waals surface area (Å²) in [7, 11) is -11.4. The number of carbonyl (C=O) groups is 2. The molecular formula is C60H87BrN14O8S2Si2. The fourth-order valence-electron chi connectivity index (χ4n) is 10.4. The highest BCUT2D eigenvalue weighted by Crippen LogP contribution is 2.42. The standard InChI is InChI=1S/C30H43N7O4SSi.C20H24BrN5O3S.C10H20N2OSi/c1-29(2,3)43(6,7)20-41-25-15-17-37(34-25)24-14-13-22-27(33-24)36-19-21(18-30(36,4)5)10-9-16-31-23-11-8-12-26(32-23)42(39,40)35-28(22)38;1-20(2)11-13-5-4-10-22-16-6-3-7-17(24-16)30(28,29)25-19(27)14-8-9-15(21)23-18(14)26(20)12-13;1-10(2,3)14(4,5)8-13-9-6-7-11-12-9/h8,11-15,17,21H,9-10,16,18-20H2,1-7H3,(H,31,32)(H,35,38);3,6-9,13H,4-5,10-12H2,1-2H3,(H,22,24)(H,25,27);6-7H,8H2,1-5H3,(H,11,12)/t21-;13-;/m00./s1. The van der Waals surface area contributed by atoms with Gasteiger partial charge in [-0.25, -0.2) is 39.2 Å². The van der Waals surface area contributed by atoms with E-state index in [9.17, 15) is 26.4 Å². The predicted octanol–water partition coefficient (Wildman–Crippen LogP) is 11.0. The van der Waals surface area contributed by atoms with Gasteiger partial charge in [0, 0.05) is 55.6 Å². The van der Waals surface area contributed by atoms with Crippen molar-refractivity contribution in [2.24, 2.45) is 11.8 Å². The second-order valence-corrected chi connectivity index (χ2v) is 42.8. The Labute approximate surface area is 523 Å².